The number of alkyl halides is 4. The highest BCUT2D eigenvalue weighted by molar-refractivity contribution is 4.72. The molecule has 0 fully saturated rings. The lowest BCUT2D eigenvalue weighted by Gasteiger charge is -2.19. The van der Waals surface area contributed by atoms with E-state index in [1.165, 1.54) is 0 Å². The molecule has 0 heterocycles. The van der Waals surface area contributed by atoms with E-state index in [9.17, 15) is 17.6 Å². The first-order valence-electron chi connectivity index (χ1n) is 5.46. The van der Waals surface area contributed by atoms with Gasteiger partial charge in [-0.3, -0.25) is 0 Å². The van der Waals surface area contributed by atoms with E-state index in [0.717, 1.165) is 19.3 Å². The monoisotopic (exact) mass is 257 g/mol. The molecule has 0 radical (unpaired) electrons. The number of hydrogen-bond acceptors (Lipinski definition) is 2. The van der Waals surface area contributed by atoms with Gasteiger partial charge in [0.2, 0.25) is 0 Å². The average molecular weight is 257 g/mol. The second-order valence-electron chi connectivity index (χ2n) is 3.78. The van der Waals surface area contributed by atoms with Crippen molar-refractivity contribution in [3.8, 4) is 0 Å². The Kier molecular flexibility index (Phi) is 8.16. The first-order chi connectivity index (χ1) is 7.94. The molecule has 0 aromatic heterocycles. The molecule has 0 bridgehead atoms. The Labute approximate surface area is 99.0 Å². The molecule has 1 unspecified atom stereocenters. The van der Waals surface area contributed by atoms with Crippen LogP contribution in [0.5, 0.6) is 0 Å². The minimum Gasteiger partial charge on any atom is -0.373 e. The molecule has 2 nitrogen and oxygen atoms in total. The summed E-state index contributed by atoms with van der Waals surface area (Å²) in [6.45, 7) is 2.31. The average Bonchev–Trinajstić information content (AvgIpc) is 2.26. The highest BCUT2D eigenvalue weighted by atomic mass is 19.3. The van der Waals surface area contributed by atoms with Crippen LogP contribution in [0, 0.1) is 0 Å². The lowest BCUT2D eigenvalue weighted by atomic mass is 10.1. The van der Waals surface area contributed by atoms with Crippen molar-refractivity contribution in [3.05, 3.63) is 12.7 Å². The molecule has 0 spiro atoms. The van der Waals surface area contributed by atoms with Gasteiger partial charge in [0.05, 0.1) is 6.61 Å². The van der Waals surface area contributed by atoms with E-state index in [1.807, 2.05) is 0 Å². The highest BCUT2D eigenvalue weighted by Gasteiger charge is 2.41. The number of hydrogen-bond donors (Lipinski definition) is 1. The summed E-state index contributed by atoms with van der Waals surface area (Å²) in [7, 11) is 1.67. The minimum absolute atomic E-state index is 0.00402. The molecular weight excluding hydrogens is 238 g/mol. The van der Waals surface area contributed by atoms with Crippen LogP contribution >= 0.6 is 0 Å². The Bertz CT molecular complexity index is 212. The molecule has 0 aromatic carbocycles. The largest absolute Gasteiger partial charge is 0.373 e. The van der Waals surface area contributed by atoms with Crippen molar-refractivity contribution in [2.75, 3.05) is 20.3 Å². The molecule has 102 valence electrons. The standard InChI is InChI=1S/C11H19F4NO/c1-3-4-5-6-9(16-2)7-17-8-11(14,15)10(12)13/h3,9-10,16H,1,4-8H2,2H3. The predicted molar refractivity (Wildman–Crippen MR) is 58.7 cm³/mol. The van der Waals surface area contributed by atoms with Crippen molar-refractivity contribution >= 4 is 0 Å². The van der Waals surface area contributed by atoms with Gasteiger partial charge in [0.25, 0.3) is 0 Å². The number of rotatable bonds is 10. The third kappa shape index (κ3) is 7.33. The quantitative estimate of drug-likeness (QED) is 0.369. The Morgan fingerprint density at radius 3 is 2.53 bits per heavy atom. The Morgan fingerprint density at radius 2 is 2.06 bits per heavy atom. The van der Waals surface area contributed by atoms with Crippen LogP contribution in [0.3, 0.4) is 0 Å². The van der Waals surface area contributed by atoms with Crippen molar-refractivity contribution in [2.24, 2.45) is 0 Å². The van der Waals surface area contributed by atoms with Gasteiger partial charge in [-0.25, -0.2) is 8.78 Å². The second-order valence-corrected chi connectivity index (χ2v) is 3.78. The van der Waals surface area contributed by atoms with E-state index in [4.69, 9.17) is 0 Å². The van der Waals surface area contributed by atoms with Gasteiger partial charge < -0.3 is 10.1 Å². The fourth-order valence-corrected chi connectivity index (χ4v) is 1.22. The first kappa shape index (κ1) is 16.4. The molecule has 0 saturated heterocycles. The molecule has 1 N–H and O–H groups in total. The second kappa shape index (κ2) is 8.47. The first-order valence-corrected chi connectivity index (χ1v) is 5.46. The van der Waals surface area contributed by atoms with Crippen LogP contribution in [0.4, 0.5) is 17.6 Å². The van der Waals surface area contributed by atoms with Crippen LogP contribution in [0.25, 0.3) is 0 Å². The zero-order valence-corrected chi connectivity index (χ0v) is 9.89. The van der Waals surface area contributed by atoms with Crippen LogP contribution in [0.15, 0.2) is 12.7 Å². The maximum atomic E-state index is 12.5. The lowest BCUT2D eigenvalue weighted by molar-refractivity contribution is -0.167. The fourth-order valence-electron chi connectivity index (χ4n) is 1.22. The number of ether oxygens (including phenoxy) is 1. The maximum absolute atomic E-state index is 12.5. The molecule has 17 heavy (non-hydrogen) atoms. The molecular formula is C11H19F4NO. The SMILES string of the molecule is C=CCCCC(COCC(F)(F)C(F)F)NC. The molecule has 0 saturated carbocycles. The van der Waals surface area contributed by atoms with Gasteiger partial charge in [0.1, 0.15) is 6.61 Å². The molecule has 0 rings (SSSR count). The van der Waals surface area contributed by atoms with Gasteiger partial charge in [0.15, 0.2) is 0 Å². The van der Waals surface area contributed by atoms with Crippen molar-refractivity contribution in [3.63, 3.8) is 0 Å². The molecule has 0 aliphatic carbocycles. The van der Waals surface area contributed by atoms with Gasteiger partial charge in [-0.05, 0) is 26.3 Å². The summed E-state index contributed by atoms with van der Waals surface area (Å²) >= 11 is 0. The summed E-state index contributed by atoms with van der Waals surface area (Å²) in [4.78, 5) is 0. The molecule has 6 heteroatoms. The van der Waals surface area contributed by atoms with Crippen LogP contribution in [-0.2, 0) is 4.74 Å². The number of nitrogens with one attached hydrogen (secondary N) is 1. The molecule has 0 aliphatic heterocycles. The van der Waals surface area contributed by atoms with Crippen LogP contribution in [0.2, 0.25) is 0 Å². The Balaban J connectivity index is 3.79. The molecule has 0 aliphatic rings. The van der Waals surface area contributed by atoms with Crippen molar-refractivity contribution in [1.82, 2.24) is 5.32 Å². The number of halogens is 4. The highest BCUT2D eigenvalue weighted by Crippen LogP contribution is 2.22. The van der Waals surface area contributed by atoms with Crippen molar-refractivity contribution in [1.29, 1.82) is 0 Å². The third-order valence-corrected chi connectivity index (χ3v) is 2.30. The van der Waals surface area contributed by atoms with Crippen LogP contribution in [0.1, 0.15) is 19.3 Å². The number of unbranched alkanes of at least 4 members (excludes halogenated alkanes) is 1. The van der Waals surface area contributed by atoms with Crippen molar-refractivity contribution < 1.29 is 22.3 Å². The van der Waals surface area contributed by atoms with Gasteiger partial charge in [0, 0.05) is 6.04 Å². The topological polar surface area (TPSA) is 21.3 Å². The van der Waals surface area contributed by atoms with Crippen LogP contribution < -0.4 is 5.32 Å². The summed E-state index contributed by atoms with van der Waals surface area (Å²) in [5.41, 5.74) is 0. The Hall–Kier alpha value is -0.620. The Morgan fingerprint density at radius 1 is 1.41 bits per heavy atom. The van der Waals surface area contributed by atoms with E-state index in [2.05, 4.69) is 16.6 Å². The molecule has 1 atom stereocenters. The summed E-state index contributed by atoms with van der Waals surface area (Å²) in [5, 5.41) is 2.88. The summed E-state index contributed by atoms with van der Waals surface area (Å²) < 4.78 is 53.2. The van der Waals surface area contributed by atoms with Gasteiger partial charge in [-0.1, -0.05) is 6.08 Å². The van der Waals surface area contributed by atoms with Crippen molar-refractivity contribution in [2.45, 2.75) is 37.7 Å². The summed E-state index contributed by atoms with van der Waals surface area (Å²) in [6, 6.07) is -0.108. The summed E-state index contributed by atoms with van der Waals surface area (Å²) in [6.07, 6.45) is 0.479. The molecule has 0 aromatic rings. The van der Waals surface area contributed by atoms with Gasteiger partial charge in [-0.15, -0.1) is 6.58 Å². The summed E-state index contributed by atoms with van der Waals surface area (Å²) in [5.74, 6) is -4.07. The maximum Gasteiger partial charge on any atom is 0.330 e. The van der Waals surface area contributed by atoms with E-state index < -0.39 is 19.0 Å². The normalized spacial score (nSPS) is 14.0. The smallest absolute Gasteiger partial charge is 0.330 e. The number of allylic oxidation sites excluding steroid dienone is 1. The van der Waals surface area contributed by atoms with E-state index in [1.54, 1.807) is 13.1 Å². The lowest BCUT2D eigenvalue weighted by Crippen LogP contribution is -2.36. The number of likely N-dealkylation sites (N-methyl/N-ethyl adjacent to an activating group) is 1. The van der Waals surface area contributed by atoms with Crippen LogP contribution in [-0.4, -0.2) is 38.7 Å². The van der Waals surface area contributed by atoms with Gasteiger partial charge in [-0.2, -0.15) is 8.78 Å². The zero-order valence-electron chi connectivity index (χ0n) is 9.89. The third-order valence-electron chi connectivity index (χ3n) is 2.30. The van der Waals surface area contributed by atoms with E-state index in [0.29, 0.717) is 0 Å². The van der Waals surface area contributed by atoms with Gasteiger partial charge >= 0.3 is 12.3 Å². The fraction of sp³-hybridized carbons (Fsp3) is 0.818. The zero-order chi connectivity index (χ0) is 13.3. The van der Waals surface area contributed by atoms with E-state index >= 15 is 0 Å². The predicted octanol–water partition coefficient (Wildman–Crippen LogP) is 2.85. The van der Waals surface area contributed by atoms with E-state index in [-0.39, 0.29) is 12.6 Å². The minimum atomic E-state index is -4.07. The molecule has 0 amide bonds.